The van der Waals surface area contributed by atoms with Crippen molar-refractivity contribution < 1.29 is 9.59 Å². The minimum absolute atomic E-state index is 0.105. The average molecular weight is 401 g/mol. The van der Waals surface area contributed by atoms with E-state index in [2.05, 4.69) is 5.32 Å². The van der Waals surface area contributed by atoms with Crippen molar-refractivity contribution in [1.82, 2.24) is 5.32 Å². The molecule has 0 bridgehead atoms. The van der Waals surface area contributed by atoms with Crippen molar-refractivity contribution in [3.8, 4) is 0 Å². The summed E-state index contributed by atoms with van der Waals surface area (Å²) in [5, 5.41) is 3.58. The molecule has 1 heterocycles. The first kappa shape index (κ1) is 19.5. The van der Waals surface area contributed by atoms with E-state index in [4.69, 9.17) is 11.6 Å². The van der Waals surface area contributed by atoms with Crippen molar-refractivity contribution in [1.29, 1.82) is 0 Å². The molecule has 0 saturated heterocycles. The molecule has 0 aliphatic carbocycles. The number of fused-ring (bicyclic) bond motifs is 1. The van der Waals surface area contributed by atoms with Crippen LogP contribution in [0.4, 0.5) is 5.69 Å². The first-order valence-corrected chi connectivity index (χ1v) is 9.96. The summed E-state index contributed by atoms with van der Waals surface area (Å²) in [4.78, 5) is 28.3. The Hall–Kier alpha value is -2.24. The van der Waals surface area contributed by atoms with Gasteiger partial charge in [-0.15, -0.1) is 0 Å². The van der Waals surface area contributed by atoms with E-state index >= 15 is 0 Å². The highest BCUT2D eigenvalue weighted by Crippen LogP contribution is 2.42. The topological polar surface area (TPSA) is 49.4 Å². The fourth-order valence-corrected chi connectivity index (χ4v) is 3.98. The first-order valence-electron chi connectivity index (χ1n) is 8.77. The third-order valence-electron chi connectivity index (χ3n) is 4.45. The van der Waals surface area contributed by atoms with Crippen molar-refractivity contribution in [3.05, 3.63) is 63.5 Å². The van der Waals surface area contributed by atoms with Gasteiger partial charge in [-0.25, -0.2) is 0 Å². The van der Waals surface area contributed by atoms with Crippen molar-refractivity contribution in [2.24, 2.45) is 0 Å². The van der Waals surface area contributed by atoms with E-state index in [0.29, 0.717) is 15.5 Å². The molecule has 1 N–H and O–H groups in total. The normalized spacial score (nSPS) is 16.2. The Morgan fingerprint density at radius 3 is 2.78 bits per heavy atom. The molecular formula is C21H21ClN2O2S. The van der Waals surface area contributed by atoms with Crippen LogP contribution in [0.2, 0.25) is 5.02 Å². The Morgan fingerprint density at radius 1 is 1.30 bits per heavy atom. The summed E-state index contributed by atoms with van der Waals surface area (Å²) in [6, 6.07) is 12.9. The lowest BCUT2D eigenvalue weighted by molar-refractivity contribution is -0.114. The Kier molecular flexibility index (Phi) is 5.92. The van der Waals surface area contributed by atoms with Crippen LogP contribution in [0, 0.1) is 0 Å². The molecule has 2 aromatic rings. The van der Waals surface area contributed by atoms with Gasteiger partial charge >= 0.3 is 0 Å². The van der Waals surface area contributed by atoms with Gasteiger partial charge in [0.15, 0.2) is 0 Å². The maximum Gasteiger partial charge on any atom is 0.264 e. The molecule has 0 fully saturated rings. The molecule has 1 aliphatic rings. The largest absolute Gasteiger partial charge is 0.350 e. The molecular weight excluding hydrogens is 380 g/mol. The fraction of sp³-hybridized carbons (Fsp3) is 0.238. The second-order valence-corrected chi connectivity index (χ2v) is 8.02. The number of nitrogens with one attached hydrogen (secondary N) is 1. The van der Waals surface area contributed by atoms with Gasteiger partial charge in [0.2, 0.25) is 0 Å². The van der Waals surface area contributed by atoms with Crippen LogP contribution in [0.5, 0.6) is 0 Å². The first-order chi connectivity index (χ1) is 12.9. The molecule has 1 atom stereocenters. The molecule has 27 heavy (non-hydrogen) atoms. The van der Waals surface area contributed by atoms with Crippen molar-refractivity contribution in [3.63, 3.8) is 0 Å². The van der Waals surface area contributed by atoms with E-state index in [1.54, 1.807) is 30.1 Å². The predicted octanol–water partition coefficient (Wildman–Crippen LogP) is 4.98. The number of hydrogen-bond donors (Lipinski definition) is 1. The summed E-state index contributed by atoms with van der Waals surface area (Å²) >= 11 is 7.44. The number of halogens is 1. The smallest absolute Gasteiger partial charge is 0.264 e. The summed E-state index contributed by atoms with van der Waals surface area (Å²) in [5.41, 5.74) is 2.17. The number of anilines is 1. The maximum atomic E-state index is 12.8. The summed E-state index contributed by atoms with van der Waals surface area (Å²) in [6.45, 7) is 3.99. The minimum Gasteiger partial charge on any atom is -0.350 e. The fourth-order valence-electron chi connectivity index (χ4n) is 2.69. The zero-order valence-electron chi connectivity index (χ0n) is 15.5. The third-order valence-corrected chi connectivity index (χ3v) is 5.77. The number of likely N-dealkylation sites (N-methyl/N-ethyl adjacent to an activating group) is 1. The van der Waals surface area contributed by atoms with Crippen LogP contribution in [0.15, 0.2) is 52.3 Å². The molecule has 0 aromatic heterocycles. The lowest BCUT2D eigenvalue weighted by Crippen LogP contribution is -2.33. The number of amides is 2. The SMILES string of the molecule is CC[C@@H](C)NC(=O)c1ccc2c(c1)N(C)C(=O)/C(=C/c1cccc(Cl)c1)S2. The molecule has 140 valence electrons. The monoisotopic (exact) mass is 400 g/mol. The molecule has 0 unspecified atom stereocenters. The summed E-state index contributed by atoms with van der Waals surface area (Å²) in [7, 11) is 1.73. The van der Waals surface area contributed by atoms with Gasteiger partial charge in [-0.05, 0) is 55.3 Å². The van der Waals surface area contributed by atoms with Crippen molar-refractivity contribution in [2.75, 3.05) is 11.9 Å². The van der Waals surface area contributed by atoms with Crippen LogP contribution in [-0.2, 0) is 4.79 Å². The number of thioether (sulfide) groups is 1. The summed E-state index contributed by atoms with van der Waals surface area (Å²) in [5.74, 6) is -0.231. The van der Waals surface area contributed by atoms with E-state index < -0.39 is 0 Å². The third kappa shape index (κ3) is 4.37. The van der Waals surface area contributed by atoms with Gasteiger partial charge in [0.25, 0.3) is 11.8 Å². The summed E-state index contributed by atoms with van der Waals surface area (Å²) in [6.07, 6.45) is 2.70. The van der Waals surface area contributed by atoms with Gasteiger partial charge < -0.3 is 10.2 Å². The molecule has 4 nitrogen and oxygen atoms in total. The van der Waals surface area contributed by atoms with Crippen LogP contribution in [0.25, 0.3) is 6.08 Å². The second kappa shape index (κ2) is 8.19. The molecule has 2 amide bonds. The second-order valence-electron chi connectivity index (χ2n) is 6.50. The van der Waals surface area contributed by atoms with E-state index in [9.17, 15) is 9.59 Å². The lowest BCUT2D eigenvalue weighted by Gasteiger charge is -2.27. The van der Waals surface area contributed by atoms with Gasteiger partial charge in [-0.3, -0.25) is 9.59 Å². The minimum atomic E-state index is -0.127. The van der Waals surface area contributed by atoms with Gasteiger partial charge in [0, 0.05) is 28.6 Å². The van der Waals surface area contributed by atoms with Gasteiger partial charge in [-0.2, -0.15) is 0 Å². The highest BCUT2D eigenvalue weighted by molar-refractivity contribution is 8.04. The highest BCUT2D eigenvalue weighted by atomic mass is 35.5. The van der Waals surface area contributed by atoms with Gasteiger partial charge in [0.05, 0.1) is 10.6 Å². The molecule has 0 radical (unpaired) electrons. The van der Waals surface area contributed by atoms with E-state index in [1.165, 1.54) is 11.8 Å². The van der Waals surface area contributed by atoms with Crippen molar-refractivity contribution >= 4 is 46.9 Å². The average Bonchev–Trinajstić information content (AvgIpc) is 2.65. The Labute approximate surface area is 168 Å². The maximum absolute atomic E-state index is 12.8. The quantitative estimate of drug-likeness (QED) is 0.736. The number of hydrogen-bond acceptors (Lipinski definition) is 3. The van der Waals surface area contributed by atoms with Crippen LogP contribution >= 0.6 is 23.4 Å². The molecule has 0 saturated carbocycles. The van der Waals surface area contributed by atoms with Gasteiger partial charge in [-0.1, -0.05) is 42.4 Å². The number of benzene rings is 2. The number of carbonyl (C=O) groups excluding carboxylic acids is 2. The summed E-state index contributed by atoms with van der Waals surface area (Å²) < 4.78 is 0. The Balaban J connectivity index is 1.90. The van der Waals surface area contributed by atoms with Crippen LogP contribution in [-0.4, -0.2) is 24.9 Å². The van der Waals surface area contributed by atoms with Crippen LogP contribution < -0.4 is 10.2 Å². The standard InChI is InChI=1S/C21H21ClN2O2S/c1-4-13(2)23-20(25)15-8-9-18-17(12-15)24(3)21(26)19(27-18)11-14-6-5-7-16(22)10-14/h5-13H,4H2,1-3H3,(H,23,25)/b19-11-/t13-/m1/s1. The zero-order valence-corrected chi connectivity index (χ0v) is 17.0. The zero-order chi connectivity index (χ0) is 19.6. The number of carbonyl (C=O) groups is 2. The van der Waals surface area contributed by atoms with Crippen molar-refractivity contribution in [2.45, 2.75) is 31.2 Å². The highest BCUT2D eigenvalue weighted by Gasteiger charge is 2.27. The molecule has 0 spiro atoms. The van der Waals surface area contributed by atoms with E-state index in [0.717, 1.165) is 22.6 Å². The number of nitrogens with zero attached hydrogens (tertiary/aromatic N) is 1. The molecule has 2 aromatic carbocycles. The van der Waals surface area contributed by atoms with Crippen LogP contribution in [0.3, 0.4) is 0 Å². The molecule has 3 rings (SSSR count). The van der Waals surface area contributed by atoms with Gasteiger partial charge in [0.1, 0.15) is 0 Å². The van der Waals surface area contributed by atoms with Crippen LogP contribution in [0.1, 0.15) is 36.2 Å². The number of rotatable bonds is 4. The predicted molar refractivity (Wildman–Crippen MR) is 112 cm³/mol. The Morgan fingerprint density at radius 2 is 2.07 bits per heavy atom. The Bertz CT molecular complexity index is 926. The molecule has 1 aliphatic heterocycles. The molecule has 6 heteroatoms. The van der Waals surface area contributed by atoms with E-state index in [-0.39, 0.29) is 17.9 Å². The lowest BCUT2D eigenvalue weighted by atomic mass is 10.1. The van der Waals surface area contributed by atoms with E-state index in [1.807, 2.05) is 44.2 Å².